The maximum Gasteiger partial charge on any atom is 0.387 e. The molecule has 3 aromatic rings. The van der Waals surface area contributed by atoms with Crippen molar-refractivity contribution in [3.8, 4) is 5.75 Å². The second-order valence-electron chi connectivity index (χ2n) is 5.47. The Morgan fingerprint density at radius 1 is 1.00 bits per heavy atom. The molecule has 134 valence electrons. The van der Waals surface area contributed by atoms with Gasteiger partial charge in [0.1, 0.15) is 5.75 Å². The highest BCUT2D eigenvalue weighted by Gasteiger charge is 2.19. The first-order chi connectivity index (χ1) is 12.6. The molecule has 0 radical (unpaired) electrons. The molecular weight excluding hydrogens is 374 g/mol. The SMILES string of the molecule is O=C(CC(Sc1ccccc1)c1ccc(OC(F)F)cc1)c1cccs1. The number of carbonyl (C=O) groups is 1. The van der Waals surface area contributed by atoms with Crippen molar-refractivity contribution in [3.05, 3.63) is 82.6 Å². The molecule has 26 heavy (non-hydrogen) atoms. The molecule has 1 unspecified atom stereocenters. The molecule has 2 aromatic carbocycles. The molecule has 6 heteroatoms. The van der Waals surface area contributed by atoms with Gasteiger partial charge in [0.15, 0.2) is 5.78 Å². The number of hydrogen-bond donors (Lipinski definition) is 0. The molecule has 0 amide bonds. The molecule has 3 rings (SSSR count). The van der Waals surface area contributed by atoms with E-state index in [0.717, 1.165) is 15.3 Å². The molecule has 0 spiro atoms. The van der Waals surface area contributed by atoms with E-state index in [1.54, 1.807) is 23.9 Å². The molecule has 0 N–H and O–H groups in total. The summed E-state index contributed by atoms with van der Waals surface area (Å²) < 4.78 is 29.1. The van der Waals surface area contributed by atoms with Crippen molar-refractivity contribution in [2.45, 2.75) is 23.2 Å². The number of carbonyl (C=O) groups excluding carboxylic acids is 1. The minimum atomic E-state index is -2.85. The van der Waals surface area contributed by atoms with Gasteiger partial charge in [-0.25, -0.2) is 0 Å². The zero-order valence-corrected chi connectivity index (χ0v) is 15.3. The number of thiophene rings is 1. The van der Waals surface area contributed by atoms with Crippen LogP contribution in [0.1, 0.15) is 26.9 Å². The van der Waals surface area contributed by atoms with Gasteiger partial charge < -0.3 is 4.74 Å². The van der Waals surface area contributed by atoms with Crippen LogP contribution in [0.15, 0.2) is 77.0 Å². The molecule has 0 saturated carbocycles. The van der Waals surface area contributed by atoms with E-state index in [1.165, 1.54) is 23.5 Å². The Labute approximate surface area is 158 Å². The second kappa shape index (κ2) is 8.96. The maximum absolute atomic E-state index is 12.6. The highest BCUT2D eigenvalue weighted by molar-refractivity contribution is 7.99. The van der Waals surface area contributed by atoms with Crippen LogP contribution in [0.5, 0.6) is 5.75 Å². The average Bonchev–Trinajstić information content (AvgIpc) is 3.17. The Balaban J connectivity index is 1.81. The lowest BCUT2D eigenvalue weighted by molar-refractivity contribution is -0.0498. The highest BCUT2D eigenvalue weighted by Crippen LogP contribution is 2.39. The van der Waals surface area contributed by atoms with Gasteiger partial charge in [-0.3, -0.25) is 4.79 Å². The van der Waals surface area contributed by atoms with Gasteiger partial charge in [-0.15, -0.1) is 23.1 Å². The van der Waals surface area contributed by atoms with Crippen LogP contribution >= 0.6 is 23.1 Å². The van der Waals surface area contributed by atoms with Gasteiger partial charge in [-0.2, -0.15) is 8.78 Å². The van der Waals surface area contributed by atoms with E-state index in [0.29, 0.717) is 6.42 Å². The summed E-state index contributed by atoms with van der Waals surface area (Å²) in [6.45, 7) is -2.85. The smallest absolute Gasteiger partial charge is 0.387 e. The Morgan fingerprint density at radius 3 is 2.35 bits per heavy atom. The van der Waals surface area contributed by atoms with E-state index in [2.05, 4.69) is 4.74 Å². The minimum absolute atomic E-state index is 0.0707. The van der Waals surface area contributed by atoms with Crippen LogP contribution in [0.4, 0.5) is 8.78 Å². The van der Waals surface area contributed by atoms with E-state index < -0.39 is 6.61 Å². The molecule has 2 nitrogen and oxygen atoms in total. The van der Waals surface area contributed by atoms with Crippen molar-refractivity contribution >= 4 is 28.9 Å². The molecule has 0 bridgehead atoms. The normalized spacial score (nSPS) is 12.1. The first kappa shape index (κ1) is 18.6. The number of hydrogen-bond acceptors (Lipinski definition) is 4. The van der Waals surface area contributed by atoms with Gasteiger partial charge in [0.2, 0.25) is 0 Å². The minimum Gasteiger partial charge on any atom is -0.435 e. The highest BCUT2D eigenvalue weighted by atomic mass is 32.2. The van der Waals surface area contributed by atoms with Gasteiger partial charge in [0.05, 0.1) is 4.88 Å². The third-order valence-corrected chi connectivity index (χ3v) is 5.84. The number of alkyl halides is 2. The Bertz CT molecular complexity index is 819. The summed E-state index contributed by atoms with van der Waals surface area (Å²) in [6, 6.07) is 20.0. The molecule has 0 fully saturated rings. The van der Waals surface area contributed by atoms with Gasteiger partial charge in [-0.1, -0.05) is 36.4 Å². The molecule has 1 heterocycles. The van der Waals surface area contributed by atoms with Gasteiger partial charge in [-0.05, 0) is 41.3 Å². The molecule has 0 aliphatic heterocycles. The largest absolute Gasteiger partial charge is 0.435 e. The number of Topliss-reactive ketones (excluding diaryl/α,β-unsaturated/α-hetero) is 1. The van der Waals surface area contributed by atoms with Crippen LogP contribution < -0.4 is 4.74 Å². The summed E-state index contributed by atoms with van der Waals surface area (Å²) in [5, 5.41) is 1.76. The number of ether oxygens (including phenoxy) is 1. The summed E-state index contributed by atoms with van der Waals surface area (Å²) in [5.41, 5.74) is 0.894. The lowest BCUT2D eigenvalue weighted by Gasteiger charge is -2.17. The fourth-order valence-electron chi connectivity index (χ4n) is 2.46. The average molecular weight is 390 g/mol. The summed E-state index contributed by atoms with van der Waals surface area (Å²) in [6.07, 6.45) is 0.328. The Hall–Kier alpha value is -2.18. The van der Waals surface area contributed by atoms with Gasteiger partial charge in [0, 0.05) is 16.6 Å². The zero-order chi connectivity index (χ0) is 18.4. The molecule has 0 aliphatic rings. The van der Waals surface area contributed by atoms with Crippen molar-refractivity contribution < 1.29 is 18.3 Å². The van der Waals surface area contributed by atoms with Crippen molar-refractivity contribution in [1.82, 2.24) is 0 Å². The van der Waals surface area contributed by atoms with Crippen LogP contribution in [0.2, 0.25) is 0 Å². The summed E-state index contributed by atoms with van der Waals surface area (Å²) in [7, 11) is 0. The second-order valence-corrected chi connectivity index (χ2v) is 7.70. The van der Waals surface area contributed by atoms with Crippen LogP contribution in [-0.4, -0.2) is 12.4 Å². The van der Waals surface area contributed by atoms with Crippen molar-refractivity contribution in [2.24, 2.45) is 0 Å². The third-order valence-electron chi connectivity index (χ3n) is 3.67. The number of ketones is 1. The van der Waals surface area contributed by atoms with E-state index in [4.69, 9.17) is 0 Å². The van der Waals surface area contributed by atoms with E-state index in [9.17, 15) is 13.6 Å². The van der Waals surface area contributed by atoms with E-state index in [1.807, 2.05) is 47.8 Å². The Morgan fingerprint density at radius 2 is 1.73 bits per heavy atom. The monoisotopic (exact) mass is 390 g/mol. The molecule has 0 aliphatic carbocycles. The van der Waals surface area contributed by atoms with Gasteiger partial charge >= 0.3 is 6.61 Å². The first-order valence-electron chi connectivity index (χ1n) is 7.95. The predicted molar refractivity (Wildman–Crippen MR) is 101 cm³/mol. The zero-order valence-electron chi connectivity index (χ0n) is 13.7. The predicted octanol–water partition coefficient (Wildman–Crippen LogP) is 6.46. The number of halogens is 2. The Kier molecular flexibility index (Phi) is 6.41. The fourth-order valence-corrected chi connectivity index (χ4v) is 4.31. The molecule has 0 saturated heterocycles. The molecular formula is C20H16F2O2S2. The van der Waals surface area contributed by atoms with Crippen LogP contribution in [-0.2, 0) is 0 Å². The summed E-state index contributed by atoms with van der Waals surface area (Å²) in [5.74, 6) is 0.179. The number of benzene rings is 2. The third kappa shape index (κ3) is 5.16. The van der Waals surface area contributed by atoms with Crippen LogP contribution in [0.3, 0.4) is 0 Å². The quantitative estimate of drug-likeness (QED) is 0.326. The van der Waals surface area contributed by atoms with Crippen molar-refractivity contribution in [3.63, 3.8) is 0 Å². The van der Waals surface area contributed by atoms with E-state index >= 15 is 0 Å². The van der Waals surface area contributed by atoms with Gasteiger partial charge in [0.25, 0.3) is 0 Å². The lowest BCUT2D eigenvalue weighted by Crippen LogP contribution is -2.05. The fraction of sp³-hybridized carbons (Fsp3) is 0.150. The summed E-state index contributed by atoms with van der Waals surface area (Å²) >= 11 is 3.00. The molecule has 1 aromatic heterocycles. The maximum atomic E-state index is 12.6. The van der Waals surface area contributed by atoms with E-state index in [-0.39, 0.29) is 16.8 Å². The van der Waals surface area contributed by atoms with Crippen LogP contribution in [0.25, 0.3) is 0 Å². The lowest BCUT2D eigenvalue weighted by atomic mass is 10.1. The number of rotatable bonds is 8. The topological polar surface area (TPSA) is 26.3 Å². The van der Waals surface area contributed by atoms with Crippen molar-refractivity contribution in [1.29, 1.82) is 0 Å². The first-order valence-corrected chi connectivity index (χ1v) is 9.71. The number of thioether (sulfide) groups is 1. The molecule has 1 atom stereocenters. The van der Waals surface area contributed by atoms with Crippen molar-refractivity contribution in [2.75, 3.05) is 0 Å². The van der Waals surface area contributed by atoms with Crippen LogP contribution in [0, 0.1) is 0 Å². The standard InChI is InChI=1S/C20H16F2O2S2/c21-20(22)24-15-10-8-14(9-11-15)19(26-16-5-2-1-3-6-16)13-17(23)18-7-4-12-25-18/h1-12,19-20H,13H2. The summed E-state index contributed by atoms with van der Waals surface area (Å²) in [4.78, 5) is 14.3.